The van der Waals surface area contributed by atoms with Gasteiger partial charge in [-0.25, -0.2) is 9.97 Å². The van der Waals surface area contributed by atoms with Crippen LogP contribution in [-0.4, -0.2) is 26.8 Å². The largest absolute Gasteiger partial charge is 0.481 e. The van der Waals surface area contributed by atoms with Crippen LogP contribution in [0, 0.1) is 0 Å². The van der Waals surface area contributed by atoms with Gasteiger partial charge < -0.3 is 5.11 Å². The molecule has 0 aliphatic carbocycles. The highest BCUT2D eigenvalue weighted by molar-refractivity contribution is 7.99. The fraction of sp³-hybridized carbons (Fsp3) is 0.375. The normalized spacial score (nSPS) is 14.2. The van der Waals surface area contributed by atoms with Gasteiger partial charge in [0, 0.05) is 17.5 Å². The summed E-state index contributed by atoms with van der Waals surface area (Å²) in [5.41, 5.74) is 1.14. The Hall–Kier alpha value is -1.10. The number of carboxylic acids is 1. The molecule has 0 fully saturated rings. The molecule has 0 atom stereocenters. The zero-order valence-electron chi connectivity index (χ0n) is 6.86. The molecular weight excluding hydrogens is 188 g/mol. The molecule has 0 saturated heterocycles. The van der Waals surface area contributed by atoms with Gasteiger partial charge in [0.15, 0.2) is 0 Å². The van der Waals surface area contributed by atoms with Crippen LogP contribution >= 0.6 is 11.8 Å². The number of thioether (sulfide) groups is 1. The summed E-state index contributed by atoms with van der Waals surface area (Å²) in [5, 5.41) is 9.48. The smallest absolute Gasteiger partial charge is 0.311 e. The Bertz CT molecular complexity index is 354. The van der Waals surface area contributed by atoms with Gasteiger partial charge in [0.2, 0.25) is 0 Å². The molecule has 1 aliphatic heterocycles. The quantitative estimate of drug-likeness (QED) is 0.707. The highest BCUT2D eigenvalue weighted by atomic mass is 32.2. The van der Waals surface area contributed by atoms with Crippen LogP contribution in [0.4, 0.5) is 0 Å². The molecule has 1 N–H and O–H groups in total. The molecule has 1 aromatic heterocycles. The summed E-state index contributed by atoms with van der Waals surface area (Å²) in [7, 11) is 0. The summed E-state index contributed by atoms with van der Waals surface area (Å²) >= 11 is 1.67. The van der Waals surface area contributed by atoms with Crippen LogP contribution in [-0.2, 0) is 17.6 Å². The van der Waals surface area contributed by atoms with Gasteiger partial charge in [-0.3, -0.25) is 4.79 Å². The van der Waals surface area contributed by atoms with Crippen LogP contribution in [0.2, 0.25) is 0 Å². The first-order chi connectivity index (χ1) is 6.25. The lowest BCUT2D eigenvalue weighted by molar-refractivity contribution is -0.136. The Kier molecular flexibility index (Phi) is 2.18. The van der Waals surface area contributed by atoms with Crippen molar-refractivity contribution in [1.82, 2.24) is 9.97 Å². The average molecular weight is 196 g/mol. The maximum Gasteiger partial charge on any atom is 0.311 e. The van der Waals surface area contributed by atoms with Crippen LogP contribution in [0.1, 0.15) is 11.4 Å². The summed E-state index contributed by atoms with van der Waals surface area (Å²) in [5.74, 6) is 0.546. The van der Waals surface area contributed by atoms with Crippen LogP contribution in [0.15, 0.2) is 11.2 Å². The molecule has 2 rings (SSSR count). The minimum absolute atomic E-state index is 0.0894. The second kappa shape index (κ2) is 3.33. The Morgan fingerprint density at radius 3 is 3.31 bits per heavy atom. The first kappa shape index (κ1) is 8.50. The average Bonchev–Trinajstić information content (AvgIpc) is 2.49. The monoisotopic (exact) mass is 196 g/mol. The van der Waals surface area contributed by atoms with Crippen LogP contribution in [0.25, 0.3) is 0 Å². The number of carbonyl (C=O) groups is 1. The minimum atomic E-state index is -0.886. The molecule has 0 aromatic carbocycles. The first-order valence-corrected chi connectivity index (χ1v) is 4.93. The van der Waals surface area contributed by atoms with Crippen molar-refractivity contribution in [2.75, 3.05) is 5.75 Å². The molecule has 4 nitrogen and oxygen atoms in total. The van der Waals surface area contributed by atoms with E-state index in [-0.39, 0.29) is 6.42 Å². The molecule has 0 amide bonds. The Morgan fingerprint density at radius 2 is 2.54 bits per heavy atom. The van der Waals surface area contributed by atoms with Crippen molar-refractivity contribution in [3.05, 3.63) is 17.6 Å². The van der Waals surface area contributed by atoms with Crippen molar-refractivity contribution in [2.45, 2.75) is 17.9 Å². The van der Waals surface area contributed by atoms with Gasteiger partial charge >= 0.3 is 5.97 Å². The Balaban J connectivity index is 2.25. The summed E-state index contributed by atoms with van der Waals surface area (Å²) < 4.78 is 0. The molecule has 68 valence electrons. The molecule has 1 aliphatic rings. The molecule has 0 saturated carbocycles. The summed E-state index contributed by atoms with van der Waals surface area (Å²) in [6.07, 6.45) is 2.64. The molecule has 13 heavy (non-hydrogen) atoms. The van der Waals surface area contributed by atoms with Crippen molar-refractivity contribution in [1.29, 1.82) is 0 Å². The molecule has 0 radical (unpaired) electrons. The van der Waals surface area contributed by atoms with E-state index >= 15 is 0 Å². The van der Waals surface area contributed by atoms with Gasteiger partial charge in [-0.1, -0.05) is 0 Å². The van der Waals surface area contributed by atoms with Gasteiger partial charge in [0.05, 0.1) is 0 Å². The number of rotatable bonds is 2. The summed E-state index contributed by atoms with van der Waals surface area (Å²) in [4.78, 5) is 18.5. The predicted octanol–water partition coefficient (Wildman–Crippen LogP) is 0.752. The predicted molar refractivity (Wildman–Crippen MR) is 47.8 cm³/mol. The second-order valence-corrected chi connectivity index (χ2v) is 3.87. The number of aryl methyl sites for hydroxylation is 1. The van der Waals surface area contributed by atoms with E-state index in [4.69, 9.17) is 5.11 Å². The SMILES string of the molecule is O=C(O)Cc1ncc2c(n1)SCC2. The van der Waals surface area contributed by atoms with Gasteiger partial charge in [-0.2, -0.15) is 0 Å². The van der Waals surface area contributed by atoms with Crippen LogP contribution in [0.5, 0.6) is 0 Å². The zero-order chi connectivity index (χ0) is 9.26. The topological polar surface area (TPSA) is 63.1 Å². The van der Waals surface area contributed by atoms with E-state index in [1.165, 1.54) is 0 Å². The molecule has 0 bridgehead atoms. The molecular formula is C8H8N2O2S. The third-order valence-electron chi connectivity index (χ3n) is 1.79. The zero-order valence-corrected chi connectivity index (χ0v) is 7.67. The van der Waals surface area contributed by atoms with Crippen molar-refractivity contribution in [2.24, 2.45) is 0 Å². The molecule has 5 heteroatoms. The highest BCUT2D eigenvalue weighted by Crippen LogP contribution is 2.28. The molecule has 0 unspecified atom stereocenters. The maximum atomic E-state index is 10.4. The number of hydrogen-bond donors (Lipinski definition) is 1. The lowest BCUT2D eigenvalue weighted by Crippen LogP contribution is -2.05. The Morgan fingerprint density at radius 1 is 1.69 bits per heavy atom. The molecule has 0 spiro atoms. The standard InChI is InChI=1S/C8H8N2O2S/c11-7(12)3-6-9-4-5-1-2-13-8(5)10-6/h4H,1-3H2,(H,11,12). The number of carboxylic acid groups (broad SMARTS) is 1. The van der Waals surface area contributed by atoms with Crippen molar-refractivity contribution in [3.63, 3.8) is 0 Å². The Labute approximate surface area is 79.4 Å². The van der Waals surface area contributed by atoms with Crippen LogP contribution in [0.3, 0.4) is 0 Å². The van der Waals surface area contributed by atoms with E-state index < -0.39 is 5.97 Å². The number of fused-ring (bicyclic) bond motifs is 1. The summed E-state index contributed by atoms with van der Waals surface area (Å²) in [6, 6.07) is 0. The molecule has 1 aromatic rings. The third kappa shape index (κ3) is 1.80. The number of aromatic nitrogens is 2. The molecule has 2 heterocycles. The summed E-state index contributed by atoms with van der Waals surface area (Å²) in [6.45, 7) is 0. The van der Waals surface area contributed by atoms with Crippen LogP contribution < -0.4 is 0 Å². The fourth-order valence-corrected chi connectivity index (χ4v) is 2.23. The van der Waals surface area contributed by atoms with Crippen molar-refractivity contribution >= 4 is 17.7 Å². The third-order valence-corrected chi connectivity index (χ3v) is 2.83. The number of nitrogens with zero attached hydrogens (tertiary/aromatic N) is 2. The van der Waals surface area contributed by atoms with E-state index in [0.717, 1.165) is 22.8 Å². The second-order valence-electron chi connectivity index (χ2n) is 2.79. The minimum Gasteiger partial charge on any atom is -0.481 e. The fourth-order valence-electron chi connectivity index (χ4n) is 1.20. The van der Waals surface area contributed by atoms with Crippen molar-refractivity contribution in [3.8, 4) is 0 Å². The van der Waals surface area contributed by atoms with E-state index in [2.05, 4.69) is 9.97 Å². The lowest BCUT2D eigenvalue weighted by atomic mass is 10.3. The maximum absolute atomic E-state index is 10.4. The van der Waals surface area contributed by atoms with E-state index in [9.17, 15) is 4.79 Å². The number of hydrogen-bond acceptors (Lipinski definition) is 4. The van der Waals surface area contributed by atoms with Crippen molar-refractivity contribution < 1.29 is 9.90 Å². The van der Waals surface area contributed by atoms with Gasteiger partial charge in [-0.15, -0.1) is 11.8 Å². The first-order valence-electron chi connectivity index (χ1n) is 3.95. The van der Waals surface area contributed by atoms with Gasteiger partial charge in [0.1, 0.15) is 17.3 Å². The highest BCUT2D eigenvalue weighted by Gasteiger charge is 2.14. The van der Waals surface area contributed by atoms with E-state index in [1.807, 2.05) is 0 Å². The van der Waals surface area contributed by atoms with Gasteiger partial charge in [-0.05, 0) is 6.42 Å². The van der Waals surface area contributed by atoms with E-state index in [0.29, 0.717) is 5.82 Å². The number of aliphatic carboxylic acids is 1. The lowest BCUT2D eigenvalue weighted by Gasteiger charge is -1.98. The van der Waals surface area contributed by atoms with E-state index in [1.54, 1.807) is 18.0 Å². The van der Waals surface area contributed by atoms with Gasteiger partial charge in [0.25, 0.3) is 0 Å².